The first-order valence-electron chi connectivity index (χ1n) is 8.24. The molecule has 2 amide bonds. The maximum atomic E-state index is 12.7. The summed E-state index contributed by atoms with van der Waals surface area (Å²) >= 11 is 6.21. The van der Waals surface area contributed by atoms with E-state index < -0.39 is 6.04 Å². The third-order valence-corrected chi connectivity index (χ3v) is 4.89. The van der Waals surface area contributed by atoms with Crippen LogP contribution < -0.4 is 15.5 Å². The maximum absolute atomic E-state index is 12.7. The van der Waals surface area contributed by atoms with Crippen molar-refractivity contribution < 1.29 is 9.59 Å². The van der Waals surface area contributed by atoms with Crippen molar-refractivity contribution in [2.45, 2.75) is 31.7 Å². The molecule has 2 fully saturated rings. The number of nitrogens with one attached hydrogen (secondary N) is 2. The lowest BCUT2D eigenvalue weighted by atomic mass is 9.97. The third kappa shape index (κ3) is 3.67. The summed E-state index contributed by atoms with van der Waals surface area (Å²) in [7, 11) is 0. The summed E-state index contributed by atoms with van der Waals surface area (Å²) in [6, 6.07) is 6.88. The van der Waals surface area contributed by atoms with Gasteiger partial charge in [-0.15, -0.1) is 0 Å². The summed E-state index contributed by atoms with van der Waals surface area (Å²) in [5.41, 5.74) is 0.720. The minimum Gasteiger partial charge on any atom is -0.344 e. The van der Waals surface area contributed by atoms with Crippen molar-refractivity contribution in [3.05, 3.63) is 29.3 Å². The fraction of sp³-hybridized carbons (Fsp3) is 0.529. The highest BCUT2D eigenvalue weighted by atomic mass is 35.5. The molecule has 1 aromatic rings. The van der Waals surface area contributed by atoms with Gasteiger partial charge in [0.1, 0.15) is 6.04 Å². The number of hydrogen-bond donors (Lipinski definition) is 2. The van der Waals surface area contributed by atoms with Gasteiger partial charge in [0, 0.05) is 13.1 Å². The number of para-hydroxylation sites is 1. The molecule has 2 N–H and O–H groups in total. The number of rotatable bonds is 3. The molecular formula is C17H22ClN3O2. The van der Waals surface area contributed by atoms with Gasteiger partial charge in [-0.3, -0.25) is 9.59 Å². The standard InChI is InChI=1S/C17H22ClN3O2/c18-13-6-1-2-8-15(13)21-10-4-7-14(17(21)23)20-16(22)12-5-3-9-19-11-12/h1-2,6,8,12,14,19H,3-5,7,9-11H2,(H,20,22). The van der Waals surface area contributed by atoms with Crippen LogP contribution in [0, 0.1) is 5.92 Å². The molecule has 23 heavy (non-hydrogen) atoms. The zero-order valence-corrected chi connectivity index (χ0v) is 13.8. The van der Waals surface area contributed by atoms with Crippen molar-refractivity contribution in [2.24, 2.45) is 5.92 Å². The number of hydrogen-bond acceptors (Lipinski definition) is 3. The number of halogens is 1. The predicted octanol–water partition coefficient (Wildman–Crippen LogP) is 1.95. The summed E-state index contributed by atoms with van der Waals surface area (Å²) < 4.78 is 0. The molecule has 0 bridgehead atoms. The molecule has 124 valence electrons. The van der Waals surface area contributed by atoms with Crippen LogP contribution in [0.15, 0.2) is 24.3 Å². The highest BCUT2D eigenvalue weighted by molar-refractivity contribution is 6.33. The van der Waals surface area contributed by atoms with Crippen molar-refractivity contribution in [3.8, 4) is 0 Å². The molecule has 2 heterocycles. The first-order valence-corrected chi connectivity index (χ1v) is 8.61. The number of carbonyl (C=O) groups excluding carboxylic acids is 2. The van der Waals surface area contributed by atoms with Crippen LogP contribution in [0.1, 0.15) is 25.7 Å². The van der Waals surface area contributed by atoms with Crippen LogP contribution in [-0.2, 0) is 9.59 Å². The van der Waals surface area contributed by atoms with Crippen molar-refractivity contribution in [1.82, 2.24) is 10.6 Å². The van der Waals surface area contributed by atoms with Crippen LogP contribution in [0.5, 0.6) is 0 Å². The van der Waals surface area contributed by atoms with Crippen molar-refractivity contribution in [1.29, 1.82) is 0 Å². The summed E-state index contributed by atoms with van der Waals surface area (Å²) in [5, 5.41) is 6.74. The molecule has 0 saturated carbocycles. The van der Waals surface area contributed by atoms with Gasteiger partial charge < -0.3 is 15.5 Å². The van der Waals surface area contributed by atoms with Crippen LogP contribution in [0.25, 0.3) is 0 Å². The van der Waals surface area contributed by atoms with Crippen LogP contribution in [0.2, 0.25) is 5.02 Å². The Morgan fingerprint density at radius 2 is 2.09 bits per heavy atom. The van der Waals surface area contributed by atoms with E-state index in [1.54, 1.807) is 11.0 Å². The number of nitrogens with zero attached hydrogens (tertiary/aromatic N) is 1. The lowest BCUT2D eigenvalue weighted by Gasteiger charge is -2.34. The molecule has 5 nitrogen and oxygen atoms in total. The third-order valence-electron chi connectivity index (χ3n) is 4.57. The number of amides is 2. The number of anilines is 1. The second-order valence-corrected chi connectivity index (χ2v) is 6.60. The smallest absolute Gasteiger partial charge is 0.249 e. The highest BCUT2D eigenvalue weighted by Gasteiger charge is 2.33. The van der Waals surface area contributed by atoms with Gasteiger partial charge >= 0.3 is 0 Å². The molecule has 1 aromatic carbocycles. The van der Waals surface area contributed by atoms with E-state index in [-0.39, 0.29) is 17.7 Å². The van der Waals surface area contributed by atoms with Crippen LogP contribution >= 0.6 is 11.6 Å². The molecule has 0 radical (unpaired) electrons. The molecule has 2 aliphatic heterocycles. The number of piperidine rings is 2. The molecule has 2 atom stereocenters. The predicted molar refractivity (Wildman–Crippen MR) is 90.6 cm³/mol. The molecule has 0 aliphatic carbocycles. The molecule has 6 heteroatoms. The average molecular weight is 336 g/mol. The van der Waals surface area contributed by atoms with E-state index >= 15 is 0 Å². The van der Waals surface area contributed by atoms with Crippen molar-refractivity contribution in [2.75, 3.05) is 24.5 Å². The van der Waals surface area contributed by atoms with E-state index in [2.05, 4.69) is 10.6 Å². The molecule has 2 saturated heterocycles. The zero-order chi connectivity index (χ0) is 16.2. The quantitative estimate of drug-likeness (QED) is 0.887. The second kappa shape index (κ2) is 7.32. The monoisotopic (exact) mass is 335 g/mol. The van der Waals surface area contributed by atoms with E-state index in [1.807, 2.05) is 18.2 Å². The van der Waals surface area contributed by atoms with Crippen LogP contribution in [0.4, 0.5) is 5.69 Å². The lowest BCUT2D eigenvalue weighted by molar-refractivity contribution is -0.131. The highest BCUT2D eigenvalue weighted by Crippen LogP contribution is 2.28. The maximum Gasteiger partial charge on any atom is 0.249 e. The van der Waals surface area contributed by atoms with Gasteiger partial charge in [0.25, 0.3) is 0 Å². The summed E-state index contributed by atoms with van der Waals surface area (Å²) in [4.78, 5) is 26.8. The molecule has 2 unspecified atom stereocenters. The molecule has 2 aliphatic rings. The first-order chi connectivity index (χ1) is 11.2. The fourth-order valence-electron chi connectivity index (χ4n) is 3.28. The molecular weight excluding hydrogens is 314 g/mol. The van der Waals surface area contributed by atoms with Gasteiger partial charge in [-0.2, -0.15) is 0 Å². The molecule has 0 spiro atoms. The topological polar surface area (TPSA) is 61.4 Å². The van der Waals surface area contributed by atoms with Gasteiger partial charge in [-0.1, -0.05) is 23.7 Å². The number of carbonyl (C=O) groups is 2. The van der Waals surface area contributed by atoms with E-state index in [0.29, 0.717) is 24.5 Å². The van der Waals surface area contributed by atoms with E-state index in [9.17, 15) is 9.59 Å². The van der Waals surface area contributed by atoms with Crippen molar-refractivity contribution in [3.63, 3.8) is 0 Å². The van der Waals surface area contributed by atoms with Crippen LogP contribution in [0.3, 0.4) is 0 Å². The van der Waals surface area contributed by atoms with Crippen LogP contribution in [-0.4, -0.2) is 37.5 Å². The van der Waals surface area contributed by atoms with Gasteiger partial charge in [0.2, 0.25) is 11.8 Å². The van der Waals surface area contributed by atoms with Gasteiger partial charge in [0.05, 0.1) is 16.6 Å². The van der Waals surface area contributed by atoms with E-state index in [0.717, 1.165) is 31.5 Å². The first kappa shape index (κ1) is 16.3. The minimum absolute atomic E-state index is 0.0171. The van der Waals surface area contributed by atoms with Gasteiger partial charge in [-0.25, -0.2) is 0 Å². The summed E-state index contributed by atoms with van der Waals surface area (Å²) in [6.45, 7) is 2.30. The second-order valence-electron chi connectivity index (χ2n) is 6.19. The Kier molecular flexibility index (Phi) is 5.18. The van der Waals surface area contributed by atoms with Gasteiger partial charge in [0.15, 0.2) is 0 Å². The Hall–Kier alpha value is -1.59. The van der Waals surface area contributed by atoms with Gasteiger partial charge in [-0.05, 0) is 44.4 Å². The Bertz CT molecular complexity index is 587. The molecule has 3 rings (SSSR count). The lowest BCUT2D eigenvalue weighted by Crippen LogP contribution is -2.54. The van der Waals surface area contributed by atoms with E-state index in [4.69, 9.17) is 11.6 Å². The molecule has 0 aromatic heterocycles. The number of benzene rings is 1. The Labute approximate surface area is 141 Å². The Morgan fingerprint density at radius 3 is 2.83 bits per heavy atom. The SMILES string of the molecule is O=C(NC1CCCN(c2ccccc2Cl)C1=O)C1CCCNC1. The average Bonchev–Trinajstić information content (AvgIpc) is 2.58. The Balaban J connectivity index is 1.67. The van der Waals surface area contributed by atoms with Crippen molar-refractivity contribution >= 4 is 29.1 Å². The Morgan fingerprint density at radius 1 is 1.26 bits per heavy atom. The summed E-state index contributed by atoms with van der Waals surface area (Å²) in [5.74, 6) is -0.120. The largest absolute Gasteiger partial charge is 0.344 e. The normalized spacial score (nSPS) is 25.3. The fourth-order valence-corrected chi connectivity index (χ4v) is 3.52. The summed E-state index contributed by atoms with van der Waals surface area (Å²) in [6.07, 6.45) is 3.42. The zero-order valence-electron chi connectivity index (χ0n) is 13.1. The van der Waals surface area contributed by atoms with E-state index in [1.165, 1.54) is 0 Å². The minimum atomic E-state index is -0.450.